The lowest BCUT2D eigenvalue weighted by atomic mass is 9.46. The fourth-order valence-electron chi connectivity index (χ4n) is 6.91. The highest BCUT2D eigenvalue weighted by molar-refractivity contribution is 6.01. The molecule has 0 aromatic carbocycles. The number of allylic oxidation sites excluding steroid dienone is 4. The first-order valence-electron chi connectivity index (χ1n) is 10.4. The summed E-state index contributed by atoms with van der Waals surface area (Å²) in [5.41, 5.74) is 1.37. The minimum absolute atomic E-state index is 0.0300. The van der Waals surface area contributed by atoms with Crippen LogP contribution in [0.1, 0.15) is 72.1 Å². The molecule has 0 bridgehead atoms. The van der Waals surface area contributed by atoms with Crippen molar-refractivity contribution < 1.29 is 9.59 Å². The van der Waals surface area contributed by atoms with Crippen molar-refractivity contribution in [3.8, 4) is 0 Å². The largest absolute Gasteiger partial charge is 0.299 e. The molecular weight excluding hydrogens is 308 g/mol. The van der Waals surface area contributed by atoms with Gasteiger partial charge >= 0.3 is 0 Å². The Bertz CT molecular complexity index is 657. The van der Waals surface area contributed by atoms with Crippen molar-refractivity contribution in [2.45, 2.75) is 72.1 Å². The van der Waals surface area contributed by atoms with Crippen LogP contribution in [-0.4, -0.2) is 11.6 Å². The first kappa shape index (κ1) is 17.2. The molecule has 0 N–H and O–H groups in total. The van der Waals surface area contributed by atoms with E-state index in [1.54, 1.807) is 6.08 Å². The zero-order valence-electron chi connectivity index (χ0n) is 16.0. The molecular formula is C23H32O2. The summed E-state index contributed by atoms with van der Waals surface area (Å²) in [6.45, 7) is 6.87. The Morgan fingerprint density at radius 1 is 1.16 bits per heavy atom. The maximum absolute atomic E-state index is 12.6. The van der Waals surface area contributed by atoms with Gasteiger partial charge in [-0.2, -0.15) is 0 Å². The molecule has 0 radical (unpaired) electrons. The van der Waals surface area contributed by atoms with Gasteiger partial charge < -0.3 is 0 Å². The van der Waals surface area contributed by atoms with E-state index in [-0.39, 0.29) is 16.6 Å². The minimum Gasteiger partial charge on any atom is -0.299 e. The van der Waals surface area contributed by atoms with Crippen molar-refractivity contribution in [3.63, 3.8) is 0 Å². The second-order valence-corrected chi connectivity index (χ2v) is 9.49. The Labute approximate surface area is 152 Å². The molecule has 25 heavy (non-hydrogen) atoms. The van der Waals surface area contributed by atoms with E-state index in [0.717, 1.165) is 25.7 Å². The molecule has 4 aliphatic carbocycles. The zero-order valence-corrected chi connectivity index (χ0v) is 16.0. The monoisotopic (exact) mass is 340 g/mol. The van der Waals surface area contributed by atoms with Crippen LogP contribution in [0.25, 0.3) is 0 Å². The van der Waals surface area contributed by atoms with Gasteiger partial charge in [-0.3, -0.25) is 9.59 Å². The summed E-state index contributed by atoms with van der Waals surface area (Å²) in [6, 6.07) is 0. The molecule has 4 rings (SSSR count). The topological polar surface area (TPSA) is 34.1 Å². The number of rotatable bonds is 3. The van der Waals surface area contributed by atoms with E-state index in [4.69, 9.17) is 0 Å². The third-order valence-electron chi connectivity index (χ3n) is 8.33. The van der Waals surface area contributed by atoms with E-state index < -0.39 is 0 Å². The zero-order chi connectivity index (χ0) is 17.8. The molecule has 0 spiro atoms. The molecule has 2 heteroatoms. The van der Waals surface area contributed by atoms with Crippen molar-refractivity contribution in [2.75, 3.05) is 0 Å². The average Bonchev–Trinajstić information content (AvgIpc) is 2.89. The molecule has 6 atom stereocenters. The van der Waals surface area contributed by atoms with E-state index >= 15 is 0 Å². The lowest BCUT2D eigenvalue weighted by Crippen LogP contribution is -2.51. The first-order chi connectivity index (χ1) is 11.9. The van der Waals surface area contributed by atoms with Gasteiger partial charge in [0.1, 0.15) is 5.78 Å². The molecule has 2 nitrogen and oxygen atoms in total. The van der Waals surface area contributed by atoms with Crippen LogP contribution in [0.4, 0.5) is 0 Å². The Morgan fingerprint density at radius 3 is 2.72 bits per heavy atom. The van der Waals surface area contributed by atoms with Gasteiger partial charge in [0.05, 0.1) is 0 Å². The van der Waals surface area contributed by atoms with Gasteiger partial charge in [0.15, 0.2) is 5.78 Å². The average molecular weight is 341 g/mol. The number of carbonyl (C=O) groups excluding carboxylic acids is 2. The summed E-state index contributed by atoms with van der Waals surface area (Å²) in [5, 5.41) is 0. The van der Waals surface area contributed by atoms with Crippen LogP contribution < -0.4 is 0 Å². The highest BCUT2D eigenvalue weighted by atomic mass is 16.1. The normalized spacial score (nSPS) is 45.6. The number of unbranched alkanes of at least 4 members (excludes halogenated alkanes) is 1. The molecule has 0 aromatic heterocycles. The maximum atomic E-state index is 12.6. The van der Waals surface area contributed by atoms with Gasteiger partial charge in [-0.15, -0.1) is 0 Å². The molecule has 0 amide bonds. The Morgan fingerprint density at radius 2 is 1.96 bits per heavy atom. The third kappa shape index (κ3) is 2.43. The van der Waals surface area contributed by atoms with E-state index in [9.17, 15) is 9.59 Å². The van der Waals surface area contributed by atoms with Gasteiger partial charge in [0, 0.05) is 17.3 Å². The van der Waals surface area contributed by atoms with E-state index in [1.165, 1.54) is 31.3 Å². The van der Waals surface area contributed by atoms with Crippen LogP contribution >= 0.6 is 0 Å². The van der Waals surface area contributed by atoms with Crippen LogP contribution in [0.15, 0.2) is 23.8 Å². The molecule has 0 unspecified atom stereocenters. The fourth-order valence-corrected chi connectivity index (χ4v) is 6.91. The molecule has 0 heterocycles. The van der Waals surface area contributed by atoms with E-state index in [2.05, 4.69) is 26.8 Å². The molecule has 3 fully saturated rings. The van der Waals surface area contributed by atoms with Gasteiger partial charge in [-0.25, -0.2) is 0 Å². The first-order valence-corrected chi connectivity index (χ1v) is 10.4. The molecule has 0 aromatic rings. The summed E-state index contributed by atoms with van der Waals surface area (Å²) in [6.07, 6.45) is 14.9. The number of ketones is 2. The summed E-state index contributed by atoms with van der Waals surface area (Å²) in [7, 11) is 0. The summed E-state index contributed by atoms with van der Waals surface area (Å²) in [4.78, 5) is 24.7. The Kier molecular flexibility index (Phi) is 4.09. The summed E-state index contributed by atoms with van der Waals surface area (Å²) in [5.74, 6) is 3.02. The number of fused-ring (bicyclic) bond motifs is 5. The molecule has 0 saturated heterocycles. The number of carbonyl (C=O) groups is 2. The predicted molar refractivity (Wildman–Crippen MR) is 100 cm³/mol. The van der Waals surface area contributed by atoms with Gasteiger partial charge in [-0.1, -0.05) is 45.3 Å². The van der Waals surface area contributed by atoms with Gasteiger partial charge in [0.25, 0.3) is 0 Å². The minimum atomic E-state index is -0.0672. The van der Waals surface area contributed by atoms with Gasteiger partial charge in [0.2, 0.25) is 0 Å². The number of Topliss-reactive ketones (excluding diaryl/α,β-unsaturated/α-hetero) is 1. The third-order valence-corrected chi connectivity index (χ3v) is 8.33. The van der Waals surface area contributed by atoms with Crippen molar-refractivity contribution in [2.24, 2.45) is 34.5 Å². The van der Waals surface area contributed by atoms with E-state index in [0.29, 0.717) is 29.5 Å². The van der Waals surface area contributed by atoms with Gasteiger partial charge in [-0.05, 0) is 67.9 Å². The van der Waals surface area contributed by atoms with Crippen molar-refractivity contribution in [1.82, 2.24) is 0 Å². The highest BCUT2D eigenvalue weighted by Gasteiger charge is 2.59. The lowest BCUT2D eigenvalue weighted by Gasteiger charge is -2.57. The van der Waals surface area contributed by atoms with Crippen LogP contribution in [-0.2, 0) is 9.59 Å². The quantitative estimate of drug-likeness (QED) is 0.700. The van der Waals surface area contributed by atoms with Crippen molar-refractivity contribution in [1.29, 1.82) is 0 Å². The Hall–Kier alpha value is -1.18. The summed E-state index contributed by atoms with van der Waals surface area (Å²) < 4.78 is 0. The van der Waals surface area contributed by atoms with Crippen LogP contribution in [0.2, 0.25) is 0 Å². The van der Waals surface area contributed by atoms with E-state index in [1.807, 2.05) is 6.08 Å². The molecule has 136 valence electrons. The second-order valence-electron chi connectivity index (χ2n) is 9.49. The molecule has 3 saturated carbocycles. The highest BCUT2D eigenvalue weighted by Crippen LogP contribution is 2.65. The maximum Gasteiger partial charge on any atom is 0.178 e. The second kappa shape index (κ2) is 5.93. The summed E-state index contributed by atoms with van der Waals surface area (Å²) >= 11 is 0. The van der Waals surface area contributed by atoms with Crippen molar-refractivity contribution in [3.05, 3.63) is 23.8 Å². The standard InChI is InChI=1S/C23H32O2/c1-4-5-6-15-13-17-18-7-8-21(25)23(18,3)12-10-19(17)22(2)11-9-16(24)14-20(15)22/h9,11,14-15,17-19H,4-8,10,12-13H2,1-3H3/t15-,17+,18+,19+,22-,23+/m1/s1. The number of hydrogen-bond acceptors (Lipinski definition) is 2. The number of hydrogen-bond donors (Lipinski definition) is 0. The van der Waals surface area contributed by atoms with Crippen molar-refractivity contribution >= 4 is 11.6 Å². The SMILES string of the molecule is CCCC[C@@H]1C[C@@H]2[C@H](CC[C@]3(C)C(=O)CC[C@@H]23)[C@@]2(C)C=CC(=O)C=C12. The Balaban J connectivity index is 1.73. The van der Waals surface area contributed by atoms with Crippen LogP contribution in [0.3, 0.4) is 0 Å². The van der Waals surface area contributed by atoms with Crippen LogP contribution in [0, 0.1) is 34.5 Å². The fraction of sp³-hybridized carbons (Fsp3) is 0.739. The predicted octanol–water partition coefficient (Wildman–Crippen LogP) is 5.28. The smallest absolute Gasteiger partial charge is 0.178 e. The van der Waals surface area contributed by atoms with Crippen LogP contribution in [0.5, 0.6) is 0 Å². The molecule has 4 aliphatic rings. The lowest BCUT2D eigenvalue weighted by molar-refractivity contribution is -0.132. The molecule has 0 aliphatic heterocycles.